The van der Waals surface area contributed by atoms with E-state index in [1.165, 1.54) is 16.7 Å². The highest BCUT2D eigenvalue weighted by molar-refractivity contribution is 9.10. The first-order valence-corrected chi connectivity index (χ1v) is 7.40. The molecule has 0 amide bonds. The van der Waals surface area contributed by atoms with E-state index < -0.39 is 0 Å². The van der Waals surface area contributed by atoms with E-state index in [2.05, 4.69) is 54.9 Å². The zero-order chi connectivity index (χ0) is 13.3. The van der Waals surface area contributed by atoms with Crippen molar-refractivity contribution in [2.45, 2.75) is 33.6 Å². The quantitative estimate of drug-likeness (QED) is 0.572. The Hall–Kier alpha value is -0.530. The van der Waals surface area contributed by atoms with Crippen LogP contribution in [0.15, 0.2) is 40.4 Å². The van der Waals surface area contributed by atoms with Gasteiger partial charge in [-0.15, -0.1) is 0 Å². The lowest BCUT2D eigenvalue weighted by atomic mass is 9.79. The Balaban J connectivity index is 2.31. The summed E-state index contributed by atoms with van der Waals surface area (Å²) < 4.78 is 1.04. The first kappa shape index (κ1) is 13.9. The van der Waals surface area contributed by atoms with Gasteiger partial charge in [0.15, 0.2) is 0 Å². The predicted molar refractivity (Wildman–Crippen MR) is 83.9 cm³/mol. The number of benzene rings is 1. The Bertz CT molecular complexity index is 498. The zero-order valence-corrected chi connectivity index (χ0v) is 13.4. The number of allylic oxidation sites excluding steroid dienone is 4. The molecule has 0 saturated carbocycles. The van der Waals surface area contributed by atoms with Crippen LogP contribution in [-0.4, -0.2) is 0 Å². The van der Waals surface area contributed by atoms with Crippen LogP contribution < -0.4 is 0 Å². The molecule has 2 heteroatoms. The Morgan fingerprint density at radius 2 is 1.78 bits per heavy atom. The van der Waals surface area contributed by atoms with Crippen LogP contribution in [0.3, 0.4) is 0 Å². The lowest BCUT2D eigenvalue weighted by molar-refractivity contribution is 0.482. The van der Waals surface area contributed by atoms with Crippen molar-refractivity contribution in [3.8, 4) is 0 Å². The average molecular weight is 326 g/mol. The van der Waals surface area contributed by atoms with E-state index in [0.29, 0.717) is 0 Å². The van der Waals surface area contributed by atoms with Gasteiger partial charge in [-0.2, -0.15) is 0 Å². The smallest absolute Gasteiger partial charge is 0.0423 e. The highest BCUT2D eigenvalue weighted by atomic mass is 79.9. The van der Waals surface area contributed by atoms with Crippen molar-refractivity contribution in [1.29, 1.82) is 0 Å². The Morgan fingerprint density at radius 1 is 1.06 bits per heavy atom. The van der Waals surface area contributed by atoms with Crippen molar-refractivity contribution in [3.63, 3.8) is 0 Å². The van der Waals surface area contributed by atoms with Crippen molar-refractivity contribution in [2.75, 3.05) is 0 Å². The fourth-order valence-electron chi connectivity index (χ4n) is 2.24. The van der Waals surface area contributed by atoms with Gasteiger partial charge in [-0.05, 0) is 47.6 Å². The molecule has 96 valence electrons. The average Bonchev–Trinajstić information content (AvgIpc) is 2.27. The first-order valence-electron chi connectivity index (χ1n) is 6.23. The van der Waals surface area contributed by atoms with Crippen LogP contribution in [0.25, 0.3) is 5.57 Å². The summed E-state index contributed by atoms with van der Waals surface area (Å²) in [7, 11) is 0. The van der Waals surface area contributed by atoms with Gasteiger partial charge in [0.25, 0.3) is 0 Å². The normalized spacial score (nSPS) is 16.3. The second-order valence-corrected chi connectivity index (χ2v) is 7.14. The fraction of sp³-hybridized carbons (Fsp3) is 0.375. The third-order valence-electron chi connectivity index (χ3n) is 3.35. The van der Waals surface area contributed by atoms with Gasteiger partial charge in [0.2, 0.25) is 0 Å². The standard InChI is InChI=1S/C16H18BrCl/c1-16(2,3)13-6-4-11(5-7-13)12-8-14(17)10-15(18)9-12/h4,6,8-10H,5,7H2,1-3H3. The Morgan fingerprint density at radius 3 is 2.28 bits per heavy atom. The van der Waals surface area contributed by atoms with Gasteiger partial charge in [-0.3, -0.25) is 0 Å². The molecule has 0 saturated heterocycles. The summed E-state index contributed by atoms with van der Waals surface area (Å²) >= 11 is 9.59. The highest BCUT2D eigenvalue weighted by Crippen LogP contribution is 2.36. The van der Waals surface area contributed by atoms with Crippen molar-refractivity contribution in [1.82, 2.24) is 0 Å². The van der Waals surface area contributed by atoms with Gasteiger partial charge in [-0.25, -0.2) is 0 Å². The minimum Gasteiger partial charge on any atom is -0.0843 e. The molecule has 0 aliphatic heterocycles. The number of halogens is 2. The topological polar surface area (TPSA) is 0 Å². The predicted octanol–water partition coefficient (Wildman–Crippen LogP) is 6.25. The van der Waals surface area contributed by atoms with E-state index in [4.69, 9.17) is 11.6 Å². The van der Waals surface area contributed by atoms with E-state index in [9.17, 15) is 0 Å². The molecule has 1 aliphatic carbocycles. The summed E-state index contributed by atoms with van der Waals surface area (Å²) in [6.45, 7) is 6.81. The Kier molecular flexibility index (Phi) is 4.03. The molecule has 1 aromatic rings. The molecule has 18 heavy (non-hydrogen) atoms. The molecule has 0 atom stereocenters. The minimum atomic E-state index is 0.275. The van der Waals surface area contributed by atoms with Crippen molar-refractivity contribution in [3.05, 3.63) is 51.0 Å². The lowest BCUT2D eigenvalue weighted by Gasteiger charge is -2.26. The van der Waals surface area contributed by atoms with E-state index in [-0.39, 0.29) is 5.41 Å². The largest absolute Gasteiger partial charge is 0.0843 e. The van der Waals surface area contributed by atoms with Crippen molar-refractivity contribution in [2.24, 2.45) is 5.41 Å². The second-order valence-electron chi connectivity index (χ2n) is 5.79. The molecular weight excluding hydrogens is 308 g/mol. The summed E-state index contributed by atoms with van der Waals surface area (Å²) in [6.07, 6.45) is 6.74. The van der Waals surface area contributed by atoms with Crippen LogP contribution in [0.2, 0.25) is 5.02 Å². The van der Waals surface area contributed by atoms with Gasteiger partial charge in [-0.1, -0.05) is 66.0 Å². The maximum atomic E-state index is 6.10. The van der Waals surface area contributed by atoms with E-state index in [1.807, 2.05) is 12.1 Å². The number of hydrogen-bond acceptors (Lipinski definition) is 0. The van der Waals surface area contributed by atoms with Crippen LogP contribution in [0.5, 0.6) is 0 Å². The number of hydrogen-bond donors (Lipinski definition) is 0. The van der Waals surface area contributed by atoms with Gasteiger partial charge in [0.05, 0.1) is 0 Å². The monoisotopic (exact) mass is 324 g/mol. The van der Waals surface area contributed by atoms with Gasteiger partial charge < -0.3 is 0 Å². The van der Waals surface area contributed by atoms with Crippen LogP contribution >= 0.6 is 27.5 Å². The van der Waals surface area contributed by atoms with Crippen LogP contribution in [-0.2, 0) is 0 Å². The van der Waals surface area contributed by atoms with E-state index >= 15 is 0 Å². The molecule has 1 aliphatic rings. The van der Waals surface area contributed by atoms with Crippen LogP contribution in [0, 0.1) is 5.41 Å². The summed E-state index contributed by atoms with van der Waals surface area (Å²) in [6, 6.07) is 6.09. The number of rotatable bonds is 1. The van der Waals surface area contributed by atoms with Crippen LogP contribution in [0.1, 0.15) is 39.2 Å². The second kappa shape index (κ2) is 5.22. The highest BCUT2D eigenvalue weighted by Gasteiger charge is 2.19. The van der Waals surface area contributed by atoms with Crippen molar-refractivity contribution < 1.29 is 0 Å². The summed E-state index contributed by atoms with van der Waals surface area (Å²) in [4.78, 5) is 0. The molecule has 0 bridgehead atoms. The molecule has 0 heterocycles. The molecule has 0 aromatic heterocycles. The van der Waals surface area contributed by atoms with E-state index in [0.717, 1.165) is 22.3 Å². The minimum absolute atomic E-state index is 0.275. The third-order valence-corrected chi connectivity index (χ3v) is 4.02. The van der Waals surface area contributed by atoms with Gasteiger partial charge in [0.1, 0.15) is 0 Å². The molecular formula is C16H18BrCl. The summed E-state index contributed by atoms with van der Waals surface area (Å²) in [5, 5.41) is 0.783. The maximum absolute atomic E-state index is 6.10. The molecule has 1 aromatic carbocycles. The molecule has 0 N–H and O–H groups in total. The van der Waals surface area contributed by atoms with E-state index in [1.54, 1.807) is 0 Å². The first-order chi connectivity index (χ1) is 8.36. The van der Waals surface area contributed by atoms with Gasteiger partial charge in [0, 0.05) is 9.50 Å². The third kappa shape index (κ3) is 3.27. The van der Waals surface area contributed by atoms with Gasteiger partial charge >= 0.3 is 0 Å². The summed E-state index contributed by atoms with van der Waals surface area (Å²) in [5.41, 5.74) is 4.38. The zero-order valence-electron chi connectivity index (χ0n) is 11.1. The fourth-order valence-corrected chi connectivity index (χ4v) is 3.10. The SMILES string of the molecule is CC(C)(C)C1=CC=C(c2cc(Cl)cc(Br)c2)CC1. The maximum Gasteiger partial charge on any atom is 0.0423 e. The summed E-state index contributed by atoms with van der Waals surface area (Å²) in [5.74, 6) is 0. The molecule has 0 radical (unpaired) electrons. The lowest BCUT2D eigenvalue weighted by Crippen LogP contribution is -2.11. The molecule has 2 rings (SSSR count). The molecule has 0 fully saturated rings. The molecule has 0 nitrogen and oxygen atoms in total. The van der Waals surface area contributed by atoms with Crippen LogP contribution in [0.4, 0.5) is 0 Å². The Labute approximate surface area is 123 Å². The van der Waals surface area contributed by atoms with Crippen molar-refractivity contribution >= 4 is 33.1 Å². The molecule has 0 spiro atoms. The molecule has 0 unspecified atom stereocenters.